The van der Waals surface area contributed by atoms with E-state index in [9.17, 15) is 14.0 Å². The second-order valence-corrected chi connectivity index (χ2v) is 7.92. The molecule has 1 aliphatic heterocycles. The predicted molar refractivity (Wildman–Crippen MR) is 129 cm³/mol. The molecular formula is C28H21FN2O3. The number of hydrogen-bond donors (Lipinski definition) is 1. The highest BCUT2D eigenvalue weighted by Crippen LogP contribution is 2.34. The van der Waals surface area contributed by atoms with Crippen molar-refractivity contribution in [2.24, 2.45) is 0 Å². The minimum atomic E-state index is -0.455. The molecule has 0 aliphatic carbocycles. The molecule has 0 spiro atoms. The molecule has 0 bridgehead atoms. The van der Waals surface area contributed by atoms with Gasteiger partial charge in [-0.2, -0.15) is 0 Å². The summed E-state index contributed by atoms with van der Waals surface area (Å²) in [6.07, 6.45) is 0. The topological polar surface area (TPSA) is 58.6 Å². The van der Waals surface area contributed by atoms with Gasteiger partial charge in [-0.1, -0.05) is 66.7 Å². The van der Waals surface area contributed by atoms with Crippen molar-refractivity contribution >= 4 is 33.8 Å². The lowest BCUT2D eigenvalue weighted by atomic mass is 10.0. The molecule has 4 aromatic rings. The lowest BCUT2D eigenvalue weighted by Gasteiger charge is -2.17. The number of methoxy groups -OCH3 is 1. The van der Waals surface area contributed by atoms with Crippen LogP contribution in [0.1, 0.15) is 11.1 Å². The number of nitrogens with one attached hydrogen (secondary N) is 1. The highest BCUT2D eigenvalue weighted by Gasteiger charge is 2.39. The zero-order valence-corrected chi connectivity index (χ0v) is 18.4. The molecule has 0 saturated heterocycles. The summed E-state index contributed by atoms with van der Waals surface area (Å²) < 4.78 is 19.0. The van der Waals surface area contributed by atoms with E-state index in [1.807, 2.05) is 60.7 Å². The summed E-state index contributed by atoms with van der Waals surface area (Å²) in [6, 6.07) is 26.3. The lowest BCUT2D eigenvalue weighted by Crippen LogP contribution is -2.32. The van der Waals surface area contributed by atoms with E-state index >= 15 is 0 Å². The van der Waals surface area contributed by atoms with Gasteiger partial charge in [-0.25, -0.2) is 4.39 Å². The number of carbonyl (C=O) groups is 2. The van der Waals surface area contributed by atoms with Crippen LogP contribution in [0.4, 0.5) is 10.1 Å². The van der Waals surface area contributed by atoms with Crippen LogP contribution in [0.25, 0.3) is 16.3 Å². The molecule has 0 aromatic heterocycles. The number of halogens is 1. The summed E-state index contributed by atoms with van der Waals surface area (Å²) in [4.78, 5) is 28.3. The molecule has 4 aromatic carbocycles. The Morgan fingerprint density at radius 1 is 0.824 bits per heavy atom. The first-order valence-corrected chi connectivity index (χ1v) is 10.8. The number of benzene rings is 4. The van der Waals surface area contributed by atoms with Gasteiger partial charge in [0.25, 0.3) is 11.8 Å². The first-order valence-electron chi connectivity index (χ1n) is 10.8. The summed E-state index contributed by atoms with van der Waals surface area (Å²) in [7, 11) is 1.54. The molecule has 1 aliphatic rings. The van der Waals surface area contributed by atoms with Gasteiger partial charge >= 0.3 is 0 Å². The van der Waals surface area contributed by atoms with Crippen LogP contribution in [0.2, 0.25) is 0 Å². The summed E-state index contributed by atoms with van der Waals surface area (Å²) in [5.41, 5.74) is 2.23. The van der Waals surface area contributed by atoms with Crippen LogP contribution in [0, 0.1) is 5.82 Å². The standard InChI is InChI=1S/C28H21FN2O3/c1-34-24-12-5-3-8-20(24)17-31-27(32)25(19-13-15-21(29)16-14-19)26(28(31)33)30-23-11-6-9-18-7-2-4-10-22(18)23/h2-16,30H,17H2,1H3. The van der Waals surface area contributed by atoms with Crippen LogP contribution in [0.3, 0.4) is 0 Å². The summed E-state index contributed by atoms with van der Waals surface area (Å²) in [5, 5.41) is 5.13. The van der Waals surface area contributed by atoms with Crippen LogP contribution in [0.5, 0.6) is 5.75 Å². The van der Waals surface area contributed by atoms with E-state index in [-0.39, 0.29) is 17.8 Å². The minimum absolute atomic E-state index is 0.0487. The van der Waals surface area contributed by atoms with Gasteiger partial charge in [0.15, 0.2) is 0 Å². The predicted octanol–water partition coefficient (Wildman–Crippen LogP) is 5.38. The molecule has 0 atom stereocenters. The van der Waals surface area contributed by atoms with Gasteiger partial charge in [-0.05, 0) is 35.2 Å². The zero-order valence-electron chi connectivity index (χ0n) is 18.4. The molecule has 6 heteroatoms. The molecule has 1 heterocycles. The maximum Gasteiger partial charge on any atom is 0.278 e. The monoisotopic (exact) mass is 452 g/mol. The Morgan fingerprint density at radius 3 is 2.32 bits per heavy atom. The third-order valence-electron chi connectivity index (χ3n) is 5.87. The Labute approximate surface area is 196 Å². The Hall–Kier alpha value is -4.45. The van der Waals surface area contributed by atoms with Gasteiger partial charge in [-0.15, -0.1) is 0 Å². The van der Waals surface area contributed by atoms with Crippen LogP contribution in [0.15, 0.2) is 96.7 Å². The highest BCUT2D eigenvalue weighted by atomic mass is 19.1. The summed E-state index contributed by atoms with van der Waals surface area (Å²) >= 11 is 0. The number of nitrogens with zero attached hydrogens (tertiary/aromatic N) is 1. The van der Waals surface area contributed by atoms with Crippen molar-refractivity contribution in [3.8, 4) is 5.75 Å². The fraction of sp³-hybridized carbons (Fsp3) is 0.0714. The Bertz CT molecular complexity index is 1440. The fourth-order valence-electron chi connectivity index (χ4n) is 4.19. The van der Waals surface area contributed by atoms with Gasteiger partial charge in [0.1, 0.15) is 17.3 Å². The molecule has 5 rings (SSSR count). The van der Waals surface area contributed by atoms with Crippen LogP contribution < -0.4 is 10.1 Å². The number of fused-ring (bicyclic) bond motifs is 1. The van der Waals surface area contributed by atoms with E-state index in [1.165, 1.54) is 29.2 Å². The second-order valence-electron chi connectivity index (χ2n) is 7.92. The largest absolute Gasteiger partial charge is 0.496 e. The number of para-hydroxylation sites is 1. The quantitative estimate of drug-likeness (QED) is 0.399. The maximum atomic E-state index is 13.6. The smallest absolute Gasteiger partial charge is 0.278 e. The van der Waals surface area contributed by atoms with E-state index < -0.39 is 17.6 Å². The molecule has 0 unspecified atom stereocenters. The van der Waals surface area contributed by atoms with E-state index in [1.54, 1.807) is 13.2 Å². The third-order valence-corrected chi connectivity index (χ3v) is 5.87. The number of anilines is 1. The lowest BCUT2D eigenvalue weighted by molar-refractivity contribution is -0.137. The van der Waals surface area contributed by atoms with Crippen LogP contribution in [-0.2, 0) is 16.1 Å². The van der Waals surface area contributed by atoms with Crippen molar-refractivity contribution < 1.29 is 18.7 Å². The molecular weight excluding hydrogens is 431 g/mol. The Kier molecular flexibility index (Phi) is 5.55. The Morgan fingerprint density at radius 2 is 1.53 bits per heavy atom. The van der Waals surface area contributed by atoms with Gasteiger partial charge in [0, 0.05) is 16.6 Å². The molecule has 1 N–H and O–H groups in total. The number of carbonyl (C=O) groups excluding carboxylic acids is 2. The zero-order chi connectivity index (χ0) is 23.7. The fourth-order valence-corrected chi connectivity index (χ4v) is 4.19. The minimum Gasteiger partial charge on any atom is -0.496 e. The average molecular weight is 452 g/mol. The maximum absolute atomic E-state index is 13.6. The van der Waals surface area contributed by atoms with Crippen molar-refractivity contribution in [1.29, 1.82) is 0 Å². The molecule has 2 amide bonds. The first kappa shape index (κ1) is 21.4. The number of rotatable bonds is 6. The molecule has 34 heavy (non-hydrogen) atoms. The molecule has 0 saturated carbocycles. The molecule has 5 nitrogen and oxygen atoms in total. The van der Waals surface area contributed by atoms with Crippen LogP contribution >= 0.6 is 0 Å². The van der Waals surface area contributed by atoms with Crippen molar-refractivity contribution in [2.45, 2.75) is 6.54 Å². The first-order chi connectivity index (χ1) is 16.6. The van der Waals surface area contributed by atoms with Gasteiger partial charge in [0.2, 0.25) is 0 Å². The van der Waals surface area contributed by atoms with E-state index in [4.69, 9.17) is 4.74 Å². The number of amides is 2. The van der Waals surface area contributed by atoms with E-state index in [0.29, 0.717) is 22.6 Å². The SMILES string of the molecule is COc1ccccc1CN1C(=O)C(Nc2cccc3ccccc23)=C(c2ccc(F)cc2)C1=O. The summed E-state index contributed by atoms with van der Waals surface area (Å²) in [5.74, 6) is -0.745. The second kappa shape index (κ2) is 8.83. The average Bonchev–Trinajstić information content (AvgIpc) is 3.09. The molecule has 0 radical (unpaired) electrons. The van der Waals surface area contributed by atoms with Crippen molar-refractivity contribution in [3.05, 3.63) is 114 Å². The van der Waals surface area contributed by atoms with Gasteiger partial charge in [0.05, 0.1) is 19.2 Å². The van der Waals surface area contributed by atoms with E-state index in [0.717, 1.165) is 10.8 Å². The van der Waals surface area contributed by atoms with E-state index in [2.05, 4.69) is 5.32 Å². The van der Waals surface area contributed by atoms with Crippen molar-refractivity contribution in [2.75, 3.05) is 12.4 Å². The van der Waals surface area contributed by atoms with Gasteiger partial charge in [-0.3, -0.25) is 14.5 Å². The van der Waals surface area contributed by atoms with Crippen LogP contribution in [-0.4, -0.2) is 23.8 Å². The number of imide groups is 1. The van der Waals surface area contributed by atoms with Crippen molar-refractivity contribution in [1.82, 2.24) is 4.90 Å². The Balaban J connectivity index is 1.59. The van der Waals surface area contributed by atoms with Crippen molar-refractivity contribution in [3.63, 3.8) is 0 Å². The summed E-state index contributed by atoms with van der Waals surface area (Å²) in [6.45, 7) is 0.0487. The third kappa shape index (κ3) is 3.79. The molecule has 168 valence electrons. The number of ether oxygens (including phenoxy) is 1. The van der Waals surface area contributed by atoms with Gasteiger partial charge < -0.3 is 10.1 Å². The normalized spacial score (nSPS) is 13.6. The molecule has 0 fully saturated rings. The highest BCUT2D eigenvalue weighted by molar-refractivity contribution is 6.36. The number of hydrogen-bond acceptors (Lipinski definition) is 4.